The third kappa shape index (κ3) is 3.18. The zero-order valence-corrected chi connectivity index (χ0v) is 12.0. The Morgan fingerprint density at radius 2 is 2.05 bits per heavy atom. The molecule has 1 atom stereocenters. The summed E-state index contributed by atoms with van der Waals surface area (Å²) < 4.78 is 5.91. The Labute approximate surface area is 116 Å². The fourth-order valence-corrected chi connectivity index (χ4v) is 3.45. The van der Waals surface area contributed by atoms with Crippen LogP contribution in [-0.2, 0) is 11.2 Å². The SMILES string of the molecule is Cc1ccc2c(c1)C(NCCOC1CCCC1)CC2. The van der Waals surface area contributed by atoms with Gasteiger partial charge < -0.3 is 10.1 Å². The first-order valence-corrected chi connectivity index (χ1v) is 7.77. The van der Waals surface area contributed by atoms with Crippen molar-refractivity contribution < 1.29 is 4.74 Å². The van der Waals surface area contributed by atoms with E-state index in [-0.39, 0.29) is 0 Å². The summed E-state index contributed by atoms with van der Waals surface area (Å²) in [4.78, 5) is 0. The van der Waals surface area contributed by atoms with Crippen molar-refractivity contribution >= 4 is 0 Å². The van der Waals surface area contributed by atoms with Crippen molar-refractivity contribution in [2.75, 3.05) is 13.2 Å². The van der Waals surface area contributed by atoms with Crippen molar-refractivity contribution in [3.8, 4) is 0 Å². The molecule has 2 aliphatic carbocycles. The molecule has 1 N–H and O–H groups in total. The smallest absolute Gasteiger partial charge is 0.0594 e. The minimum atomic E-state index is 0.542. The highest BCUT2D eigenvalue weighted by Crippen LogP contribution is 2.31. The molecule has 2 nitrogen and oxygen atoms in total. The second-order valence-corrected chi connectivity index (χ2v) is 6.02. The number of hydrogen-bond donors (Lipinski definition) is 1. The summed E-state index contributed by atoms with van der Waals surface area (Å²) in [6.07, 6.45) is 8.25. The lowest BCUT2D eigenvalue weighted by Gasteiger charge is -2.16. The van der Waals surface area contributed by atoms with Crippen LogP contribution in [0.2, 0.25) is 0 Å². The summed E-state index contributed by atoms with van der Waals surface area (Å²) in [5.41, 5.74) is 4.41. The van der Waals surface area contributed by atoms with Crippen LogP contribution >= 0.6 is 0 Å². The van der Waals surface area contributed by atoms with Crippen molar-refractivity contribution in [2.45, 2.75) is 57.6 Å². The number of benzene rings is 1. The molecule has 1 aromatic rings. The Hall–Kier alpha value is -0.860. The lowest BCUT2D eigenvalue weighted by atomic mass is 10.1. The molecule has 0 heterocycles. The predicted molar refractivity (Wildman–Crippen MR) is 78.5 cm³/mol. The summed E-state index contributed by atoms with van der Waals surface area (Å²) in [5.74, 6) is 0. The van der Waals surface area contributed by atoms with E-state index in [1.54, 1.807) is 0 Å². The summed E-state index contributed by atoms with van der Waals surface area (Å²) in [5, 5.41) is 3.66. The number of nitrogens with one attached hydrogen (secondary N) is 1. The van der Waals surface area contributed by atoms with Crippen molar-refractivity contribution in [1.29, 1.82) is 0 Å². The van der Waals surface area contributed by atoms with Gasteiger partial charge in [-0.25, -0.2) is 0 Å². The average molecular weight is 259 g/mol. The van der Waals surface area contributed by atoms with Gasteiger partial charge in [-0.15, -0.1) is 0 Å². The van der Waals surface area contributed by atoms with E-state index in [0.717, 1.165) is 13.2 Å². The molecule has 0 amide bonds. The zero-order chi connectivity index (χ0) is 13.1. The van der Waals surface area contributed by atoms with E-state index in [1.807, 2.05) is 0 Å². The molecule has 1 aromatic carbocycles. The molecule has 0 radical (unpaired) electrons. The molecule has 104 valence electrons. The molecule has 0 bridgehead atoms. The van der Waals surface area contributed by atoms with Gasteiger partial charge in [0.05, 0.1) is 12.7 Å². The molecule has 1 fully saturated rings. The zero-order valence-electron chi connectivity index (χ0n) is 12.0. The Balaban J connectivity index is 1.45. The van der Waals surface area contributed by atoms with Gasteiger partial charge in [0.15, 0.2) is 0 Å². The Morgan fingerprint density at radius 1 is 1.21 bits per heavy atom. The molecule has 19 heavy (non-hydrogen) atoms. The number of hydrogen-bond acceptors (Lipinski definition) is 2. The van der Waals surface area contributed by atoms with Crippen LogP contribution in [0, 0.1) is 6.92 Å². The first-order chi connectivity index (χ1) is 9.33. The Morgan fingerprint density at radius 3 is 2.89 bits per heavy atom. The molecule has 2 heteroatoms. The number of ether oxygens (including phenoxy) is 1. The normalized spacial score (nSPS) is 22.9. The minimum Gasteiger partial charge on any atom is -0.377 e. The molecule has 0 spiro atoms. The second kappa shape index (κ2) is 6.06. The minimum absolute atomic E-state index is 0.542. The maximum absolute atomic E-state index is 5.91. The first kappa shape index (κ1) is 13.1. The molecule has 0 aliphatic heterocycles. The molecule has 1 unspecified atom stereocenters. The molecule has 0 aromatic heterocycles. The maximum Gasteiger partial charge on any atom is 0.0594 e. The van der Waals surface area contributed by atoms with Crippen LogP contribution in [0.15, 0.2) is 18.2 Å². The average Bonchev–Trinajstić information content (AvgIpc) is 3.04. The van der Waals surface area contributed by atoms with Gasteiger partial charge in [-0.05, 0) is 43.7 Å². The van der Waals surface area contributed by atoms with Crippen molar-refractivity contribution in [2.24, 2.45) is 0 Å². The van der Waals surface area contributed by atoms with Crippen molar-refractivity contribution in [3.63, 3.8) is 0 Å². The summed E-state index contributed by atoms with van der Waals surface area (Å²) in [6.45, 7) is 4.02. The highest BCUT2D eigenvalue weighted by atomic mass is 16.5. The number of fused-ring (bicyclic) bond motifs is 1. The summed E-state index contributed by atoms with van der Waals surface area (Å²) >= 11 is 0. The summed E-state index contributed by atoms with van der Waals surface area (Å²) in [6, 6.07) is 7.41. The second-order valence-electron chi connectivity index (χ2n) is 6.02. The Bertz CT molecular complexity index is 423. The molecule has 3 rings (SSSR count). The van der Waals surface area contributed by atoms with E-state index < -0.39 is 0 Å². The molecular weight excluding hydrogens is 234 g/mol. The number of aryl methyl sites for hydroxylation is 2. The van der Waals surface area contributed by atoms with Gasteiger partial charge >= 0.3 is 0 Å². The lowest BCUT2D eigenvalue weighted by Crippen LogP contribution is -2.25. The topological polar surface area (TPSA) is 21.3 Å². The van der Waals surface area contributed by atoms with Crippen molar-refractivity contribution in [1.82, 2.24) is 5.32 Å². The lowest BCUT2D eigenvalue weighted by molar-refractivity contribution is 0.0591. The fraction of sp³-hybridized carbons (Fsp3) is 0.647. The van der Waals surface area contributed by atoms with Crippen LogP contribution in [0.25, 0.3) is 0 Å². The van der Waals surface area contributed by atoms with Gasteiger partial charge in [-0.2, -0.15) is 0 Å². The van der Waals surface area contributed by atoms with Crippen molar-refractivity contribution in [3.05, 3.63) is 34.9 Å². The largest absolute Gasteiger partial charge is 0.377 e. The molecular formula is C17H25NO. The van der Waals surface area contributed by atoms with Gasteiger partial charge in [-0.1, -0.05) is 36.6 Å². The third-order valence-electron chi connectivity index (χ3n) is 4.53. The predicted octanol–water partition coefficient (Wildman–Crippen LogP) is 3.53. The third-order valence-corrected chi connectivity index (χ3v) is 4.53. The van der Waals surface area contributed by atoms with E-state index in [0.29, 0.717) is 12.1 Å². The first-order valence-electron chi connectivity index (χ1n) is 7.77. The van der Waals surface area contributed by atoms with Crippen LogP contribution in [0.1, 0.15) is 54.8 Å². The van der Waals surface area contributed by atoms with Gasteiger partial charge in [0.25, 0.3) is 0 Å². The van der Waals surface area contributed by atoms with E-state index in [1.165, 1.54) is 55.2 Å². The van der Waals surface area contributed by atoms with E-state index in [4.69, 9.17) is 4.74 Å². The van der Waals surface area contributed by atoms with Crippen LogP contribution in [0.5, 0.6) is 0 Å². The highest BCUT2D eigenvalue weighted by molar-refractivity contribution is 5.37. The quantitative estimate of drug-likeness (QED) is 0.817. The van der Waals surface area contributed by atoms with E-state index in [9.17, 15) is 0 Å². The summed E-state index contributed by atoms with van der Waals surface area (Å²) in [7, 11) is 0. The fourth-order valence-electron chi connectivity index (χ4n) is 3.45. The van der Waals surface area contributed by atoms with Gasteiger partial charge in [0.2, 0.25) is 0 Å². The molecule has 0 saturated heterocycles. The van der Waals surface area contributed by atoms with Gasteiger partial charge in [0.1, 0.15) is 0 Å². The highest BCUT2D eigenvalue weighted by Gasteiger charge is 2.22. The van der Waals surface area contributed by atoms with Gasteiger partial charge in [-0.3, -0.25) is 0 Å². The standard InChI is InChI=1S/C17H25NO/c1-13-6-7-14-8-9-17(16(14)12-13)18-10-11-19-15-4-2-3-5-15/h6-7,12,15,17-18H,2-5,8-11H2,1H3. The van der Waals surface area contributed by atoms with E-state index in [2.05, 4.69) is 30.4 Å². The van der Waals surface area contributed by atoms with Crippen LogP contribution in [0.4, 0.5) is 0 Å². The maximum atomic E-state index is 5.91. The Kier molecular flexibility index (Phi) is 4.19. The molecule has 1 saturated carbocycles. The van der Waals surface area contributed by atoms with E-state index >= 15 is 0 Å². The monoisotopic (exact) mass is 259 g/mol. The number of rotatable bonds is 5. The van der Waals surface area contributed by atoms with Gasteiger partial charge in [0, 0.05) is 12.6 Å². The van der Waals surface area contributed by atoms with Crippen LogP contribution in [0.3, 0.4) is 0 Å². The van der Waals surface area contributed by atoms with Crippen LogP contribution < -0.4 is 5.32 Å². The molecule has 2 aliphatic rings. The van der Waals surface area contributed by atoms with Crippen LogP contribution in [-0.4, -0.2) is 19.3 Å².